The molecule has 38 heavy (non-hydrogen) atoms. The fourth-order valence-electron chi connectivity index (χ4n) is 4.66. The molecule has 5 rings (SSSR count). The number of piperazine rings is 1. The van der Waals surface area contributed by atoms with Crippen LogP contribution in [0.15, 0.2) is 30.3 Å². The molecule has 0 unspecified atom stereocenters. The number of carbonyl (C=O) groups excluding carboxylic acids is 1. The summed E-state index contributed by atoms with van der Waals surface area (Å²) in [5.74, 6) is 0.940. The van der Waals surface area contributed by atoms with Gasteiger partial charge in [0.25, 0.3) is 6.43 Å². The standard InChI is InChI=1S/C25H29F2N9O2/c26-23(27)24-30-18-4-1-2-5-19(18)36(24)25-31-20(16-21(32-25)34-12-14-38-15-13-34)33-8-10-35(11-9-33)22(37)17-29-7-3-6-28/h1-2,4-5,16,23,29H,3,7-15,17H2. The molecule has 2 fully saturated rings. The minimum atomic E-state index is -2.81. The van der Waals surface area contributed by atoms with Gasteiger partial charge < -0.3 is 24.8 Å². The fraction of sp³-hybridized carbons (Fsp3) is 0.480. The number of fused-ring (bicyclic) bond motifs is 1. The van der Waals surface area contributed by atoms with Crippen LogP contribution >= 0.6 is 0 Å². The summed E-state index contributed by atoms with van der Waals surface area (Å²) in [4.78, 5) is 32.0. The smallest absolute Gasteiger partial charge is 0.296 e. The molecule has 2 aromatic heterocycles. The molecule has 13 heteroatoms. The quantitative estimate of drug-likeness (QED) is 0.439. The van der Waals surface area contributed by atoms with Crippen molar-refractivity contribution in [1.29, 1.82) is 5.26 Å². The number of carbonyl (C=O) groups is 1. The third-order valence-electron chi connectivity index (χ3n) is 6.65. The Morgan fingerprint density at radius 1 is 1.03 bits per heavy atom. The van der Waals surface area contributed by atoms with Gasteiger partial charge in [-0.3, -0.25) is 9.36 Å². The van der Waals surface area contributed by atoms with Crippen LogP contribution in [0.3, 0.4) is 0 Å². The highest BCUT2D eigenvalue weighted by Crippen LogP contribution is 2.29. The Morgan fingerprint density at radius 2 is 1.71 bits per heavy atom. The number of benzene rings is 1. The van der Waals surface area contributed by atoms with Gasteiger partial charge in [0, 0.05) is 58.3 Å². The van der Waals surface area contributed by atoms with Crippen molar-refractivity contribution in [1.82, 2.24) is 29.7 Å². The van der Waals surface area contributed by atoms with Crippen LogP contribution in [-0.4, -0.2) is 95.9 Å². The topological polar surface area (TPSA) is 115 Å². The molecule has 4 heterocycles. The zero-order valence-corrected chi connectivity index (χ0v) is 20.9. The molecule has 2 aliphatic heterocycles. The van der Waals surface area contributed by atoms with Crippen molar-refractivity contribution < 1.29 is 18.3 Å². The average Bonchev–Trinajstić information content (AvgIpc) is 3.36. The van der Waals surface area contributed by atoms with E-state index in [4.69, 9.17) is 20.0 Å². The van der Waals surface area contributed by atoms with Crippen LogP contribution in [0.2, 0.25) is 0 Å². The molecule has 0 bridgehead atoms. The molecule has 200 valence electrons. The predicted molar refractivity (Wildman–Crippen MR) is 137 cm³/mol. The monoisotopic (exact) mass is 525 g/mol. The van der Waals surface area contributed by atoms with Crippen LogP contribution in [-0.2, 0) is 9.53 Å². The minimum Gasteiger partial charge on any atom is -0.378 e. The van der Waals surface area contributed by atoms with Gasteiger partial charge in [0.05, 0.1) is 36.9 Å². The van der Waals surface area contributed by atoms with Crippen molar-refractivity contribution in [2.45, 2.75) is 12.8 Å². The first kappa shape index (κ1) is 25.7. The largest absolute Gasteiger partial charge is 0.378 e. The number of alkyl halides is 2. The molecule has 0 saturated carbocycles. The van der Waals surface area contributed by atoms with E-state index in [9.17, 15) is 13.6 Å². The summed E-state index contributed by atoms with van der Waals surface area (Å²) >= 11 is 0. The third-order valence-corrected chi connectivity index (χ3v) is 6.65. The summed E-state index contributed by atoms with van der Waals surface area (Å²) < 4.78 is 35.0. The van der Waals surface area contributed by atoms with E-state index in [1.165, 1.54) is 4.57 Å². The van der Waals surface area contributed by atoms with E-state index in [-0.39, 0.29) is 18.4 Å². The lowest BCUT2D eigenvalue weighted by Gasteiger charge is -2.36. The van der Waals surface area contributed by atoms with Crippen LogP contribution < -0.4 is 15.1 Å². The molecule has 2 saturated heterocycles. The molecule has 1 N–H and O–H groups in total. The van der Waals surface area contributed by atoms with Gasteiger partial charge in [0.2, 0.25) is 11.9 Å². The van der Waals surface area contributed by atoms with Crippen LogP contribution in [0, 0.1) is 11.3 Å². The number of anilines is 2. The lowest BCUT2D eigenvalue weighted by Crippen LogP contribution is -2.51. The second kappa shape index (κ2) is 11.7. The number of halogens is 2. The first-order valence-electron chi connectivity index (χ1n) is 12.6. The maximum Gasteiger partial charge on any atom is 0.296 e. The van der Waals surface area contributed by atoms with Gasteiger partial charge in [-0.05, 0) is 12.1 Å². The highest BCUT2D eigenvalue weighted by atomic mass is 19.3. The molecule has 0 aliphatic carbocycles. The van der Waals surface area contributed by atoms with Gasteiger partial charge in [0.15, 0.2) is 5.82 Å². The van der Waals surface area contributed by atoms with Crippen LogP contribution in [0.5, 0.6) is 0 Å². The number of hydrogen-bond acceptors (Lipinski definition) is 9. The summed E-state index contributed by atoms with van der Waals surface area (Å²) in [5, 5.41) is 11.6. The van der Waals surface area contributed by atoms with Gasteiger partial charge >= 0.3 is 0 Å². The average molecular weight is 526 g/mol. The first-order chi connectivity index (χ1) is 18.5. The third kappa shape index (κ3) is 5.51. The van der Waals surface area contributed by atoms with Crippen LogP contribution in [0.25, 0.3) is 17.0 Å². The van der Waals surface area contributed by atoms with E-state index in [2.05, 4.69) is 15.2 Å². The highest BCUT2D eigenvalue weighted by molar-refractivity contribution is 5.79. The number of nitriles is 1. The second-order valence-corrected chi connectivity index (χ2v) is 9.03. The number of imidazole rings is 1. The van der Waals surface area contributed by atoms with Crippen molar-refractivity contribution in [3.63, 3.8) is 0 Å². The Kier molecular flexibility index (Phi) is 7.90. The highest BCUT2D eigenvalue weighted by Gasteiger charge is 2.27. The molecular weight excluding hydrogens is 496 g/mol. The number of rotatable bonds is 8. The van der Waals surface area contributed by atoms with Crippen molar-refractivity contribution in [2.75, 3.05) is 75.4 Å². The molecule has 0 radical (unpaired) electrons. The molecule has 0 spiro atoms. The zero-order valence-electron chi connectivity index (χ0n) is 20.9. The number of ether oxygens (including phenoxy) is 1. The SMILES string of the molecule is N#CCCNCC(=O)N1CCN(c2cc(N3CCOCC3)nc(-n3c(C(F)F)nc4ccccc43)n2)CC1. The van der Waals surface area contributed by atoms with Gasteiger partial charge in [-0.15, -0.1) is 0 Å². The van der Waals surface area contributed by atoms with Gasteiger partial charge in [-0.2, -0.15) is 15.2 Å². The van der Waals surface area contributed by atoms with Crippen molar-refractivity contribution >= 4 is 28.6 Å². The number of amides is 1. The number of para-hydroxylation sites is 2. The summed E-state index contributed by atoms with van der Waals surface area (Å²) in [6.07, 6.45) is -2.46. The fourth-order valence-corrected chi connectivity index (χ4v) is 4.66. The second-order valence-electron chi connectivity index (χ2n) is 9.03. The molecule has 1 aromatic carbocycles. The van der Waals surface area contributed by atoms with E-state index in [1.54, 1.807) is 29.2 Å². The lowest BCUT2D eigenvalue weighted by atomic mass is 10.3. The normalized spacial score (nSPS) is 16.3. The summed E-state index contributed by atoms with van der Waals surface area (Å²) in [5.41, 5.74) is 0.951. The molecule has 3 aromatic rings. The first-order valence-corrected chi connectivity index (χ1v) is 12.6. The Balaban J connectivity index is 1.44. The van der Waals surface area contributed by atoms with Crippen molar-refractivity contribution in [3.05, 3.63) is 36.2 Å². The van der Waals surface area contributed by atoms with Gasteiger partial charge in [-0.1, -0.05) is 12.1 Å². The maximum atomic E-state index is 14.1. The zero-order chi connectivity index (χ0) is 26.5. The Hall–Kier alpha value is -3.89. The number of morpholine rings is 1. The molecule has 0 atom stereocenters. The Bertz CT molecular complexity index is 1310. The minimum absolute atomic E-state index is 0.0218. The van der Waals surface area contributed by atoms with E-state index in [0.29, 0.717) is 88.1 Å². The summed E-state index contributed by atoms with van der Waals surface area (Å²) in [7, 11) is 0. The summed E-state index contributed by atoms with van der Waals surface area (Å²) in [6.45, 7) is 5.09. The number of nitrogens with zero attached hydrogens (tertiary/aromatic N) is 8. The van der Waals surface area contributed by atoms with E-state index >= 15 is 0 Å². The number of hydrogen-bond donors (Lipinski definition) is 1. The predicted octanol–water partition coefficient (Wildman–Crippen LogP) is 1.74. The van der Waals surface area contributed by atoms with Crippen molar-refractivity contribution in [2.24, 2.45) is 0 Å². The molecular formula is C25H29F2N9O2. The summed E-state index contributed by atoms with van der Waals surface area (Å²) in [6, 6.07) is 10.9. The van der Waals surface area contributed by atoms with E-state index in [1.807, 2.05) is 17.0 Å². The van der Waals surface area contributed by atoms with Crippen molar-refractivity contribution in [3.8, 4) is 12.0 Å². The Labute approximate surface area is 218 Å². The number of nitrogens with one attached hydrogen (secondary N) is 1. The molecule has 1 amide bonds. The lowest BCUT2D eigenvalue weighted by molar-refractivity contribution is -0.130. The van der Waals surface area contributed by atoms with E-state index in [0.717, 1.165) is 0 Å². The number of aromatic nitrogens is 4. The molecule has 11 nitrogen and oxygen atoms in total. The maximum absolute atomic E-state index is 14.1. The van der Waals surface area contributed by atoms with Gasteiger partial charge in [0.1, 0.15) is 11.6 Å². The van der Waals surface area contributed by atoms with Crippen LogP contribution in [0.4, 0.5) is 20.4 Å². The van der Waals surface area contributed by atoms with Gasteiger partial charge in [-0.25, -0.2) is 13.8 Å². The van der Waals surface area contributed by atoms with Crippen LogP contribution in [0.1, 0.15) is 18.7 Å². The Morgan fingerprint density at radius 3 is 2.39 bits per heavy atom. The van der Waals surface area contributed by atoms with E-state index < -0.39 is 12.2 Å². The molecule has 2 aliphatic rings.